The number of nitrogens with two attached hydrogens (primary N) is 1. The zero-order valence-corrected chi connectivity index (χ0v) is 20.0. The molecule has 5 rings (SSSR count). The lowest BCUT2D eigenvalue weighted by atomic mass is 9.92. The molecular weight excluding hydrogens is 430 g/mol. The third-order valence-electron chi connectivity index (χ3n) is 6.93. The molecule has 0 unspecified atom stereocenters. The number of aromatic nitrogens is 4. The molecule has 34 heavy (non-hydrogen) atoms. The van der Waals surface area contributed by atoms with Crippen molar-refractivity contribution in [3.05, 3.63) is 53.0 Å². The maximum absolute atomic E-state index is 13.0. The first-order chi connectivity index (χ1) is 16.4. The minimum Gasteiger partial charge on any atom is -0.381 e. The van der Waals surface area contributed by atoms with E-state index in [1.807, 2.05) is 7.05 Å². The van der Waals surface area contributed by atoms with Gasteiger partial charge in [-0.3, -0.25) is 4.79 Å². The van der Waals surface area contributed by atoms with Gasteiger partial charge in [0.05, 0.1) is 23.7 Å². The predicted molar refractivity (Wildman–Crippen MR) is 130 cm³/mol. The normalized spacial score (nSPS) is 16.9. The third-order valence-corrected chi connectivity index (χ3v) is 6.93. The van der Waals surface area contributed by atoms with Crippen LogP contribution in [-0.4, -0.2) is 75.4 Å². The molecule has 1 amide bonds. The highest BCUT2D eigenvalue weighted by Gasteiger charge is 2.25. The van der Waals surface area contributed by atoms with Crippen molar-refractivity contribution in [2.45, 2.75) is 38.8 Å². The molecule has 178 valence electrons. The van der Waals surface area contributed by atoms with Crippen LogP contribution < -0.4 is 5.73 Å². The van der Waals surface area contributed by atoms with Crippen LogP contribution in [0.2, 0.25) is 0 Å². The van der Waals surface area contributed by atoms with Gasteiger partial charge in [-0.15, -0.1) is 0 Å². The second-order valence-corrected chi connectivity index (χ2v) is 9.32. The summed E-state index contributed by atoms with van der Waals surface area (Å²) in [6.45, 7) is 5.51. The van der Waals surface area contributed by atoms with Crippen LogP contribution in [0.25, 0.3) is 17.1 Å². The summed E-state index contributed by atoms with van der Waals surface area (Å²) >= 11 is 0. The quantitative estimate of drug-likeness (QED) is 0.637. The molecule has 2 aromatic heterocycles. The van der Waals surface area contributed by atoms with Crippen LogP contribution in [-0.2, 0) is 17.7 Å². The number of rotatable bonds is 4. The molecule has 3 aromatic rings. The molecule has 1 saturated heterocycles. The first-order valence-corrected chi connectivity index (χ1v) is 11.7. The maximum Gasteiger partial charge on any atom is 0.257 e. The van der Waals surface area contributed by atoms with Crippen molar-refractivity contribution in [1.29, 1.82) is 0 Å². The minimum atomic E-state index is -0.0738. The number of amides is 1. The Hall–Kier alpha value is -3.30. The topological polar surface area (TPSA) is 102 Å². The Morgan fingerprint density at radius 2 is 2.03 bits per heavy atom. The molecule has 2 aliphatic heterocycles. The largest absolute Gasteiger partial charge is 0.381 e. The van der Waals surface area contributed by atoms with Crippen molar-refractivity contribution < 1.29 is 9.53 Å². The van der Waals surface area contributed by atoms with Crippen LogP contribution >= 0.6 is 0 Å². The van der Waals surface area contributed by atoms with E-state index in [1.54, 1.807) is 23.5 Å². The number of carbonyl (C=O) groups excluding carboxylic acids is 1. The Morgan fingerprint density at radius 3 is 2.82 bits per heavy atom. The van der Waals surface area contributed by atoms with E-state index in [1.165, 1.54) is 21.4 Å². The molecule has 1 aromatic carbocycles. The molecule has 2 N–H and O–H groups in total. The van der Waals surface area contributed by atoms with Crippen molar-refractivity contribution in [1.82, 2.24) is 29.5 Å². The molecule has 0 saturated carbocycles. The van der Waals surface area contributed by atoms with Crippen LogP contribution in [0.1, 0.15) is 39.9 Å². The number of nitrogens with zero attached hydrogens (tertiary/aromatic N) is 6. The number of ether oxygens (including phenoxy) is 1. The molecule has 0 radical (unpaired) electrons. The number of carbonyl (C=O) groups is 1. The van der Waals surface area contributed by atoms with Gasteiger partial charge in [-0.2, -0.15) is 5.10 Å². The summed E-state index contributed by atoms with van der Waals surface area (Å²) in [5, 5.41) is 4.38. The van der Waals surface area contributed by atoms with Crippen molar-refractivity contribution in [3.63, 3.8) is 0 Å². The van der Waals surface area contributed by atoms with Gasteiger partial charge >= 0.3 is 0 Å². The number of benzene rings is 1. The molecular formula is C25H31N7O2. The number of likely N-dealkylation sites (N-methyl/N-ethyl adjacent to an activating group) is 1. The smallest absolute Gasteiger partial charge is 0.257 e. The molecule has 9 heteroatoms. The molecule has 0 bridgehead atoms. The Bertz CT molecular complexity index is 1220. The van der Waals surface area contributed by atoms with Gasteiger partial charge in [-0.25, -0.2) is 14.6 Å². The first-order valence-electron chi connectivity index (χ1n) is 11.7. The second-order valence-electron chi connectivity index (χ2n) is 9.32. The van der Waals surface area contributed by atoms with Gasteiger partial charge in [-0.1, -0.05) is 0 Å². The highest BCUT2D eigenvalue weighted by molar-refractivity contribution is 5.93. The number of nitrogen functional groups attached to an aromatic ring is 1. The van der Waals surface area contributed by atoms with Crippen LogP contribution in [0.15, 0.2) is 30.7 Å². The highest BCUT2D eigenvalue weighted by Crippen LogP contribution is 2.29. The zero-order valence-electron chi connectivity index (χ0n) is 20.0. The Labute approximate surface area is 199 Å². The standard InChI is InChI=1S/C25H31N7O2/c1-16-10-17(11-18-14-30(2)7-4-21(16)18)22-13-27-23(26)24(29-22)32-15-19(12-28-32)25(33)31(3)20-5-8-34-9-6-20/h10-13,15,20H,4-9,14H2,1-3H3,(H2,26,27). The minimum absolute atomic E-state index is 0.0738. The molecule has 2 aliphatic rings. The highest BCUT2D eigenvalue weighted by atomic mass is 16.5. The van der Waals surface area contributed by atoms with Crippen molar-refractivity contribution in [2.24, 2.45) is 0 Å². The lowest BCUT2D eigenvalue weighted by Gasteiger charge is -2.30. The number of aryl methyl sites for hydroxylation is 1. The van der Waals surface area contributed by atoms with Crippen LogP contribution in [0.5, 0.6) is 0 Å². The van der Waals surface area contributed by atoms with E-state index in [-0.39, 0.29) is 17.8 Å². The third kappa shape index (κ3) is 4.28. The fourth-order valence-electron chi connectivity index (χ4n) is 4.90. The van der Waals surface area contributed by atoms with Gasteiger partial charge in [0.15, 0.2) is 11.6 Å². The second kappa shape index (κ2) is 9.15. The molecule has 0 spiro atoms. The van der Waals surface area contributed by atoms with Crippen molar-refractivity contribution >= 4 is 11.7 Å². The van der Waals surface area contributed by atoms with E-state index in [0.717, 1.165) is 43.6 Å². The van der Waals surface area contributed by atoms with Gasteiger partial charge in [-0.05, 0) is 62.1 Å². The number of fused-ring (bicyclic) bond motifs is 1. The number of anilines is 1. The summed E-state index contributed by atoms with van der Waals surface area (Å²) in [5.41, 5.74) is 12.4. The summed E-state index contributed by atoms with van der Waals surface area (Å²) in [7, 11) is 3.97. The van der Waals surface area contributed by atoms with E-state index < -0.39 is 0 Å². The first kappa shape index (κ1) is 22.5. The Morgan fingerprint density at radius 1 is 1.24 bits per heavy atom. The monoisotopic (exact) mass is 461 g/mol. The van der Waals surface area contributed by atoms with E-state index >= 15 is 0 Å². The SMILES string of the molecule is Cc1cc(-c2cnc(N)c(-n3cc(C(=O)N(C)C4CCOCC4)cn3)n2)cc2c1CCN(C)C2. The Kier molecular flexibility index (Phi) is 6.05. The summed E-state index contributed by atoms with van der Waals surface area (Å²) in [6.07, 6.45) is 7.67. The van der Waals surface area contributed by atoms with Gasteiger partial charge < -0.3 is 20.3 Å². The average molecular weight is 462 g/mol. The zero-order chi connectivity index (χ0) is 23.8. The lowest BCUT2D eigenvalue weighted by Crippen LogP contribution is -2.40. The molecule has 9 nitrogen and oxygen atoms in total. The molecule has 1 fully saturated rings. The van der Waals surface area contributed by atoms with Gasteiger partial charge in [0, 0.05) is 51.2 Å². The van der Waals surface area contributed by atoms with Crippen molar-refractivity contribution in [3.8, 4) is 17.1 Å². The van der Waals surface area contributed by atoms with E-state index in [0.29, 0.717) is 24.6 Å². The fraction of sp³-hybridized carbons (Fsp3) is 0.440. The summed E-state index contributed by atoms with van der Waals surface area (Å²) < 4.78 is 6.95. The van der Waals surface area contributed by atoms with Crippen LogP contribution in [0, 0.1) is 6.92 Å². The van der Waals surface area contributed by atoms with E-state index in [9.17, 15) is 4.79 Å². The fourth-order valence-corrected chi connectivity index (χ4v) is 4.90. The maximum atomic E-state index is 13.0. The van der Waals surface area contributed by atoms with Crippen molar-refractivity contribution in [2.75, 3.05) is 39.6 Å². The number of hydrogen-bond donors (Lipinski definition) is 1. The lowest BCUT2D eigenvalue weighted by molar-refractivity contribution is 0.0362. The summed E-state index contributed by atoms with van der Waals surface area (Å²) in [6, 6.07) is 4.53. The van der Waals surface area contributed by atoms with E-state index in [2.05, 4.69) is 41.1 Å². The van der Waals surface area contributed by atoms with Gasteiger partial charge in [0.25, 0.3) is 5.91 Å². The predicted octanol–water partition coefficient (Wildman–Crippen LogP) is 2.46. The number of hydrogen-bond acceptors (Lipinski definition) is 7. The average Bonchev–Trinajstić information content (AvgIpc) is 3.33. The van der Waals surface area contributed by atoms with Gasteiger partial charge in [0.2, 0.25) is 0 Å². The molecule has 0 atom stereocenters. The Balaban J connectivity index is 1.43. The van der Waals surface area contributed by atoms with Crippen LogP contribution in [0.3, 0.4) is 0 Å². The summed E-state index contributed by atoms with van der Waals surface area (Å²) in [4.78, 5) is 26.3. The van der Waals surface area contributed by atoms with E-state index in [4.69, 9.17) is 15.5 Å². The van der Waals surface area contributed by atoms with Gasteiger partial charge in [0.1, 0.15) is 0 Å². The summed E-state index contributed by atoms with van der Waals surface area (Å²) in [5.74, 6) is 0.603. The molecule has 4 heterocycles. The van der Waals surface area contributed by atoms with Crippen LogP contribution in [0.4, 0.5) is 5.82 Å². The molecule has 0 aliphatic carbocycles.